The zero-order valence-corrected chi connectivity index (χ0v) is 13.5. The average molecular weight is 333 g/mol. The van der Waals surface area contributed by atoms with Crippen LogP contribution in [0, 0.1) is 6.92 Å². The molecular formula is C16H17F2N5O. The molecule has 0 aliphatic heterocycles. The Bertz CT molecular complexity index is 865. The number of aryl methyl sites for hydroxylation is 1. The van der Waals surface area contributed by atoms with Crippen LogP contribution >= 0.6 is 0 Å². The first-order chi connectivity index (χ1) is 11.5. The Balaban J connectivity index is 1.89. The van der Waals surface area contributed by atoms with Crippen molar-refractivity contribution in [2.45, 2.75) is 26.3 Å². The second kappa shape index (κ2) is 6.38. The van der Waals surface area contributed by atoms with E-state index in [-0.39, 0.29) is 11.7 Å². The lowest BCUT2D eigenvalue weighted by Crippen LogP contribution is -2.10. The Morgan fingerprint density at radius 1 is 1.17 bits per heavy atom. The van der Waals surface area contributed by atoms with Gasteiger partial charge in [0.05, 0.1) is 13.2 Å². The van der Waals surface area contributed by atoms with Gasteiger partial charge in [-0.1, -0.05) is 6.07 Å². The molecule has 0 unspecified atom stereocenters. The third kappa shape index (κ3) is 3.12. The van der Waals surface area contributed by atoms with E-state index in [2.05, 4.69) is 20.6 Å². The lowest BCUT2D eigenvalue weighted by molar-refractivity contribution is 0.137. The van der Waals surface area contributed by atoms with Crippen molar-refractivity contribution >= 4 is 11.5 Å². The van der Waals surface area contributed by atoms with Crippen molar-refractivity contribution in [2.24, 2.45) is 0 Å². The number of hydrogen-bond acceptors (Lipinski definition) is 5. The first-order valence-corrected chi connectivity index (χ1v) is 7.40. The first kappa shape index (κ1) is 16.1. The fourth-order valence-corrected chi connectivity index (χ4v) is 2.47. The Hall–Kier alpha value is -2.77. The van der Waals surface area contributed by atoms with Crippen LogP contribution in [0.4, 0.5) is 14.6 Å². The van der Waals surface area contributed by atoms with Crippen molar-refractivity contribution in [2.75, 3.05) is 12.4 Å². The van der Waals surface area contributed by atoms with E-state index in [4.69, 9.17) is 4.74 Å². The summed E-state index contributed by atoms with van der Waals surface area (Å²) in [7, 11) is 1.62. The number of ether oxygens (including phenoxy) is 1. The van der Waals surface area contributed by atoms with Crippen LogP contribution in [0.15, 0.2) is 30.3 Å². The fourth-order valence-electron chi connectivity index (χ4n) is 2.47. The Morgan fingerprint density at radius 3 is 2.67 bits per heavy atom. The lowest BCUT2D eigenvalue weighted by atomic mass is 10.1. The number of halogens is 2. The summed E-state index contributed by atoms with van der Waals surface area (Å²) < 4.78 is 32.2. The molecule has 0 saturated heterocycles. The van der Waals surface area contributed by atoms with Crippen LogP contribution in [0.25, 0.3) is 5.65 Å². The number of rotatable bonds is 5. The predicted octanol–water partition coefficient (Wildman–Crippen LogP) is 3.55. The number of nitrogens with one attached hydrogen (secondary N) is 1. The number of nitrogens with zero attached hydrogens (tertiary/aromatic N) is 4. The van der Waals surface area contributed by atoms with Gasteiger partial charge in [-0.15, -0.1) is 15.3 Å². The lowest BCUT2D eigenvalue weighted by Gasteiger charge is -2.16. The molecule has 3 rings (SSSR count). The molecule has 2 aromatic heterocycles. The number of anilines is 1. The number of alkyl halides is 2. The minimum atomic E-state index is -2.73. The van der Waals surface area contributed by atoms with Gasteiger partial charge in [-0.25, -0.2) is 8.78 Å². The van der Waals surface area contributed by atoms with Crippen LogP contribution in [0.2, 0.25) is 0 Å². The summed E-state index contributed by atoms with van der Waals surface area (Å²) in [4.78, 5) is 0. The van der Waals surface area contributed by atoms with Crippen molar-refractivity contribution < 1.29 is 13.5 Å². The van der Waals surface area contributed by atoms with Gasteiger partial charge in [-0.3, -0.25) is 0 Å². The van der Waals surface area contributed by atoms with Crippen molar-refractivity contribution in [3.8, 4) is 5.75 Å². The van der Waals surface area contributed by atoms with E-state index in [1.54, 1.807) is 19.2 Å². The average Bonchev–Trinajstić information content (AvgIpc) is 2.97. The maximum absolute atomic E-state index is 12.9. The van der Waals surface area contributed by atoms with Crippen LogP contribution < -0.4 is 10.1 Å². The number of benzene rings is 1. The molecule has 126 valence electrons. The third-order valence-corrected chi connectivity index (χ3v) is 3.66. The van der Waals surface area contributed by atoms with Gasteiger partial charge in [0.15, 0.2) is 5.65 Å². The summed E-state index contributed by atoms with van der Waals surface area (Å²) >= 11 is 0. The van der Waals surface area contributed by atoms with E-state index in [0.717, 1.165) is 21.4 Å². The van der Waals surface area contributed by atoms with Crippen LogP contribution in [-0.4, -0.2) is 26.9 Å². The summed E-state index contributed by atoms with van der Waals surface area (Å²) in [5.41, 5.74) is 2.35. The molecule has 3 aromatic rings. The number of fused-ring (bicyclic) bond motifs is 1. The molecule has 0 aliphatic carbocycles. The quantitative estimate of drug-likeness (QED) is 0.773. The summed E-state index contributed by atoms with van der Waals surface area (Å²) in [5, 5.41) is 14.5. The van der Waals surface area contributed by atoms with Gasteiger partial charge in [-0.2, -0.15) is 4.52 Å². The van der Waals surface area contributed by atoms with E-state index >= 15 is 0 Å². The molecule has 1 N–H and O–H groups in total. The molecule has 1 atom stereocenters. The van der Waals surface area contributed by atoms with Crippen molar-refractivity contribution in [1.82, 2.24) is 19.8 Å². The fraction of sp³-hybridized carbons (Fsp3) is 0.312. The monoisotopic (exact) mass is 333 g/mol. The number of hydrogen-bond donors (Lipinski definition) is 1. The van der Waals surface area contributed by atoms with E-state index in [1.807, 2.05) is 32.0 Å². The molecule has 24 heavy (non-hydrogen) atoms. The van der Waals surface area contributed by atoms with Gasteiger partial charge in [0.25, 0.3) is 6.43 Å². The number of methoxy groups -OCH3 is 1. The van der Waals surface area contributed by atoms with E-state index < -0.39 is 12.2 Å². The Kier molecular flexibility index (Phi) is 4.28. The maximum Gasteiger partial charge on any atom is 0.299 e. The summed E-state index contributed by atoms with van der Waals surface area (Å²) in [6.45, 7) is 3.94. The minimum absolute atomic E-state index is 0.0877. The van der Waals surface area contributed by atoms with Crippen molar-refractivity contribution in [1.29, 1.82) is 0 Å². The Morgan fingerprint density at radius 2 is 1.96 bits per heavy atom. The highest BCUT2D eigenvalue weighted by molar-refractivity contribution is 5.46. The molecule has 0 bridgehead atoms. The van der Waals surface area contributed by atoms with Crippen LogP contribution in [-0.2, 0) is 0 Å². The van der Waals surface area contributed by atoms with Crippen molar-refractivity contribution in [3.05, 3.63) is 47.3 Å². The van der Waals surface area contributed by atoms with Crippen LogP contribution in [0.1, 0.15) is 36.3 Å². The molecule has 2 heterocycles. The molecule has 1 aromatic carbocycles. The summed E-state index contributed by atoms with van der Waals surface area (Å²) in [6, 6.07) is 9.08. The van der Waals surface area contributed by atoms with E-state index in [9.17, 15) is 8.78 Å². The largest absolute Gasteiger partial charge is 0.497 e. The highest BCUT2D eigenvalue weighted by Gasteiger charge is 2.17. The zero-order valence-electron chi connectivity index (χ0n) is 13.5. The van der Waals surface area contributed by atoms with Gasteiger partial charge < -0.3 is 10.1 Å². The Labute approximate surface area is 137 Å². The smallest absolute Gasteiger partial charge is 0.299 e. The van der Waals surface area contributed by atoms with E-state index in [0.29, 0.717) is 5.82 Å². The van der Waals surface area contributed by atoms with E-state index in [1.165, 1.54) is 0 Å². The zero-order chi connectivity index (χ0) is 17.3. The molecule has 0 saturated carbocycles. The number of aromatic nitrogens is 4. The highest BCUT2D eigenvalue weighted by Crippen LogP contribution is 2.24. The van der Waals surface area contributed by atoms with Gasteiger partial charge >= 0.3 is 0 Å². The predicted molar refractivity (Wildman–Crippen MR) is 85.5 cm³/mol. The standard InChI is InChI=1S/C16H17F2N5O/c1-9-6-11(8-12(7-9)24-3)10(2)19-13-4-5-14-20-21-16(15(17)18)23(14)22-13/h4-8,10,15H,1-3H3,(H,19,22)/t10-/m1/s1. The van der Waals surface area contributed by atoms with Crippen LogP contribution in [0.5, 0.6) is 5.75 Å². The summed E-state index contributed by atoms with van der Waals surface area (Å²) in [6.07, 6.45) is -2.73. The highest BCUT2D eigenvalue weighted by atomic mass is 19.3. The molecular weight excluding hydrogens is 316 g/mol. The summed E-state index contributed by atoms with van der Waals surface area (Å²) in [5.74, 6) is 0.747. The molecule has 8 heteroatoms. The molecule has 0 radical (unpaired) electrons. The van der Waals surface area contributed by atoms with Gasteiger partial charge in [0.1, 0.15) is 11.6 Å². The molecule has 0 amide bonds. The maximum atomic E-state index is 12.9. The van der Waals surface area contributed by atoms with Crippen molar-refractivity contribution in [3.63, 3.8) is 0 Å². The molecule has 6 nitrogen and oxygen atoms in total. The molecule has 0 fully saturated rings. The first-order valence-electron chi connectivity index (χ1n) is 7.40. The third-order valence-electron chi connectivity index (χ3n) is 3.66. The SMILES string of the molecule is COc1cc(C)cc([C@@H](C)Nc2ccc3nnc(C(F)F)n3n2)c1. The topological polar surface area (TPSA) is 64.3 Å². The second-order valence-corrected chi connectivity index (χ2v) is 5.50. The second-order valence-electron chi connectivity index (χ2n) is 5.50. The van der Waals surface area contributed by atoms with Gasteiger partial charge in [0, 0.05) is 0 Å². The minimum Gasteiger partial charge on any atom is -0.497 e. The molecule has 0 aliphatic rings. The molecule has 0 spiro atoms. The normalized spacial score (nSPS) is 12.6. The van der Waals surface area contributed by atoms with Gasteiger partial charge in [0.2, 0.25) is 5.82 Å². The van der Waals surface area contributed by atoms with Gasteiger partial charge in [-0.05, 0) is 49.2 Å². The van der Waals surface area contributed by atoms with Crippen LogP contribution in [0.3, 0.4) is 0 Å².